The first-order valence-corrected chi connectivity index (χ1v) is 10.0. The fourth-order valence-electron chi connectivity index (χ4n) is 3.92. The van der Waals surface area contributed by atoms with Crippen molar-refractivity contribution in [2.45, 2.75) is 25.9 Å². The SMILES string of the molecule is Cc1cc(C(N)=O)nc(-c2cccc(-c3cc(C4(O)C(=O)N(C)CC[C@@H]4C)on3)c2)c1.[Lr]. The number of carbonyl (C=O) groups excluding carboxylic acids is 2. The van der Waals surface area contributed by atoms with E-state index in [1.807, 2.05) is 44.2 Å². The molecular weight excluding hydrogens is 658 g/mol. The first-order chi connectivity index (χ1) is 14.7. The van der Waals surface area contributed by atoms with Gasteiger partial charge in [0.1, 0.15) is 11.4 Å². The average Bonchev–Trinajstić information content (AvgIpc) is 3.25. The Morgan fingerprint density at radius 3 is 2.59 bits per heavy atom. The molecule has 1 aliphatic rings. The summed E-state index contributed by atoms with van der Waals surface area (Å²) in [5, 5.41) is 15.3. The Kier molecular flexibility index (Phi) is 5.51. The van der Waals surface area contributed by atoms with Gasteiger partial charge in [-0.05, 0) is 37.1 Å². The molecule has 1 aromatic carbocycles. The summed E-state index contributed by atoms with van der Waals surface area (Å²) in [5.74, 6) is -1.16. The van der Waals surface area contributed by atoms with Gasteiger partial charge in [-0.2, -0.15) is 0 Å². The Morgan fingerprint density at radius 2 is 1.91 bits per heavy atom. The maximum Gasteiger partial charge on any atom is 0.267 e. The first kappa shape index (κ1) is 22.2. The van der Waals surface area contributed by atoms with Crippen molar-refractivity contribution < 1.29 is 19.2 Å². The van der Waals surface area contributed by atoms with Gasteiger partial charge in [0.2, 0.25) is 5.60 Å². The van der Waals surface area contributed by atoms with E-state index in [4.69, 9.17) is 10.3 Å². The van der Waals surface area contributed by atoms with Crippen molar-refractivity contribution in [1.82, 2.24) is 15.0 Å². The molecule has 1 saturated heterocycles. The number of aromatic nitrogens is 2. The summed E-state index contributed by atoms with van der Waals surface area (Å²) < 4.78 is 5.44. The van der Waals surface area contributed by atoms with E-state index in [1.54, 1.807) is 19.2 Å². The van der Waals surface area contributed by atoms with Crippen LogP contribution in [0.3, 0.4) is 0 Å². The Hall–Kier alpha value is -4.52. The van der Waals surface area contributed by atoms with Gasteiger partial charge in [0.25, 0.3) is 11.8 Å². The molecule has 2 aromatic heterocycles. The molecule has 175 valence electrons. The molecule has 3 N–H and O–H groups in total. The Balaban J connectivity index is 0.00000289. The molecule has 2 amide bonds. The van der Waals surface area contributed by atoms with Crippen LogP contribution in [0.15, 0.2) is 47.0 Å². The van der Waals surface area contributed by atoms with E-state index in [2.05, 4.69) is 10.1 Å². The van der Waals surface area contributed by atoms with Gasteiger partial charge in [0.05, 0.1) is 5.69 Å². The van der Waals surface area contributed by atoms with Gasteiger partial charge in [-0.1, -0.05) is 30.3 Å². The predicted molar refractivity (Wildman–Crippen MR) is 114 cm³/mol. The number of piperidine rings is 1. The van der Waals surface area contributed by atoms with Gasteiger partial charge in [-0.3, -0.25) is 9.59 Å². The Bertz CT molecular complexity index is 1180. The monoisotopic (exact) mass is 682 g/mol. The summed E-state index contributed by atoms with van der Waals surface area (Å²) in [7, 11) is 1.66. The molecule has 32 heavy (non-hydrogen) atoms. The number of aryl methyl sites for hydroxylation is 1. The van der Waals surface area contributed by atoms with E-state index >= 15 is 0 Å². The number of primary amides is 1. The molecule has 3 heterocycles. The smallest absolute Gasteiger partial charge is 0.267 e. The van der Waals surface area contributed by atoms with E-state index in [-0.39, 0.29) is 17.4 Å². The minimum absolute atomic E-state index is 0. The van der Waals surface area contributed by atoms with Crippen LogP contribution in [0.1, 0.15) is 35.2 Å². The molecule has 0 bridgehead atoms. The minimum Gasteiger partial charge on any atom is -0.373 e. The van der Waals surface area contributed by atoms with E-state index in [0.29, 0.717) is 24.4 Å². The van der Waals surface area contributed by atoms with Gasteiger partial charge >= 0.3 is 0 Å². The quantitative estimate of drug-likeness (QED) is 0.437. The van der Waals surface area contributed by atoms with Gasteiger partial charge in [0.15, 0.2) is 5.76 Å². The van der Waals surface area contributed by atoms with Gasteiger partial charge in [-0.15, -0.1) is 0 Å². The molecule has 2 atom stereocenters. The van der Waals surface area contributed by atoms with Crippen molar-refractivity contribution in [2.75, 3.05) is 13.6 Å². The molecule has 1 radical (unpaired) electrons. The summed E-state index contributed by atoms with van der Waals surface area (Å²) in [6.45, 7) is 4.28. The van der Waals surface area contributed by atoms with Crippen LogP contribution in [0.25, 0.3) is 22.5 Å². The number of nitrogens with zero attached hydrogens (tertiary/aromatic N) is 3. The second kappa shape index (κ2) is 7.96. The number of amides is 2. The zero-order valence-corrected chi connectivity index (χ0v) is 20.0. The fourth-order valence-corrected chi connectivity index (χ4v) is 3.92. The molecule has 9 heteroatoms. The third-order valence-electron chi connectivity index (χ3n) is 5.85. The summed E-state index contributed by atoms with van der Waals surface area (Å²) in [6.07, 6.45) is 0.658. The molecule has 4 rings (SSSR count). The van der Waals surface area contributed by atoms with E-state index < -0.39 is 17.4 Å². The molecule has 3 aromatic rings. The van der Waals surface area contributed by atoms with Crippen molar-refractivity contribution in [2.24, 2.45) is 11.7 Å². The van der Waals surface area contributed by atoms with Crippen LogP contribution in [-0.4, -0.2) is 45.6 Å². The van der Waals surface area contributed by atoms with Crippen molar-refractivity contribution in [3.63, 3.8) is 0 Å². The molecule has 8 nitrogen and oxygen atoms in total. The third-order valence-corrected chi connectivity index (χ3v) is 5.85. The number of aliphatic hydroxyl groups is 1. The fraction of sp³-hybridized carbons (Fsp3) is 0.304. The number of pyridine rings is 1. The standard InChI is InChI=1S/C23H24N4O4.Lr/c1-13-9-17(25-19(10-13)21(24)28)15-5-4-6-16(11-15)18-12-20(31-26-18)23(30)14(2)7-8-27(3)22(23)29;/h4-6,9-12,14,30H,7-8H2,1-3H3,(H2,24,28);/t14-,23?;/m0./s1. The molecule has 0 spiro atoms. The Labute approximate surface area is 179 Å². The van der Waals surface area contributed by atoms with Crippen LogP contribution < -0.4 is 5.73 Å². The van der Waals surface area contributed by atoms with Crippen LogP contribution >= 0.6 is 0 Å². The van der Waals surface area contributed by atoms with Gasteiger partial charge in [0, 0.05) is 36.7 Å². The predicted octanol–water partition coefficient (Wildman–Crippen LogP) is 2.50. The number of rotatable bonds is 4. The Morgan fingerprint density at radius 1 is 1.22 bits per heavy atom. The average molecular weight is 682 g/mol. The number of benzene rings is 1. The number of likely N-dealkylation sites (tertiary alicyclic amines) is 1. The number of nitrogens with two attached hydrogens (primary N) is 1. The number of hydrogen-bond acceptors (Lipinski definition) is 6. The number of carbonyl (C=O) groups is 2. The van der Waals surface area contributed by atoms with Crippen LogP contribution in [0.4, 0.5) is 0 Å². The van der Waals surface area contributed by atoms with Crippen LogP contribution in [0, 0.1) is 12.8 Å². The zero-order valence-electron chi connectivity index (χ0n) is 17.9. The van der Waals surface area contributed by atoms with Gasteiger partial charge in [-0.25, -0.2) is 4.98 Å². The summed E-state index contributed by atoms with van der Waals surface area (Å²) >= 11 is 0. The third kappa shape index (κ3) is 3.56. The normalized spacial score (nSPS) is 20.7. The molecule has 1 unspecified atom stereocenters. The van der Waals surface area contributed by atoms with E-state index in [9.17, 15) is 14.7 Å². The zero-order chi connectivity index (χ0) is 22.3. The van der Waals surface area contributed by atoms with Gasteiger partial charge < -0.3 is 20.3 Å². The molecule has 0 saturated carbocycles. The van der Waals surface area contributed by atoms with E-state index in [0.717, 1.165) is 16.7 Å². The van der Waals surface area contributed by atoms with E-state index in [1.165, 1.54) is 4.90 Å². The minimum atomic E-state index is -1.75. The molecular formula is C23H24LrN4O4. The largest absolute Gasteiger partial charge is 0.373 e. The summed E-state index contributed by atoms with van der Waals surface area (Å²) in [4.78, 5) is 30.1. The van der Waals surface area contributed by atoms with Crippen LogP contribution in [0.5, 0.6) is 0 Å². The van der Waals surface area contributed by atoms with Crippen LogP contribution in [-0.2, 0) is 10.4 Å². The second-order valence-corrected chi connectivity index (χ2v) is 8.12. The van der Waals surface area contributed by atoms with Crippen LogP contribution in [0.2, 0.25) is 0 Å². The van der Waals surface area contributed by atoms with Crippen molar-refractivity contribution in [1.29, 1.82) is 0 Å². The summed E-state index contributed by atoms with van der Waals surface area (Å²) in [6, 6.07) is 12.5. The first-order valence-electron chi connectivity index (χ1n) is 10.0. The van der Waals surface area contributed by atoms with Crippen molar-refractivity contribution in [3.05, 3.63) is 59.5 Å². The number of hydrogen-bond donors (Lipinski definition) is 2. The number of likely N-dealkylation sites (N-methyl/N-ethyl adjacent to an activating group) is 1. The molecule has 1 aliphatic heterocycles. The summed E-state index contributed by atoms with van der Waals surface area (Å²) in [5.41, 5.74) is 7.30. The molecule has 1 fully saturated rings. The maximum atomic E-state index is 12.7. The van der Waals surface area contributed by atoms with Crippen molar-refractivity contribution >= 4 is 11.8 Å². The second-order valence-electron chi connectivity index (χ2n) is 8.12. The topological polar surface area (TPSA) is 123 Å². The van der Waals surface area contributed by atoms with Crippen molar-refractivity contribution in [3.8, 4) is 22.5 Å². The molecule has 0 aliphatic carbocycles. The maximum absolute atomic E-state index is 12.7.